The molecular formula is C29H30Cl2N6O6S2. The summed E-state index contributed by atoms with van der Waals surface area (Å²) in [7, 11) is -7.22. The lowest BCUT2D eigenvalue weighted by atomic mass is 10.1. The number of rotatable bonds is 12. The van der Waals surface area contributed by atoms with E-state index in [1.165, 1.54) is 18.2 Å². The number of aliphatic hydroxyl groups is 1. The summed E-state index contributed by atoms with van der Waals surface area (Å²) in [5, 5.41) is 15.9. The van der Waals surface area contributed by atoms with Crippen molar-refractivity contribution in [2.45, 2.75) is 29.7 Å². The van der Waals surface area contributed by atoms with Gasteiger partial charge in [0, 0.05) is 29.2 Å². The molecule has 1 aromatic heterocycles. The van der Waals surface area contributed by atoms with E-state index in [0.717, 1.165) is 0 Å². The smallest absolute Gasteiger partial charge is 0.418 e. The van der Waals surface area contributed by atoms with Crippen LogP contribution in [0.1, 0.15) is 13.8 Å². The molecule has 2 atom stereocenters. The molecule has 238 valence electrons. The third-order valence-electron chi connectivity index (χ3n) is 6.09. The van der Waals surface area contributed by atoms with Gasteiger partial charge in [-0.15, -0.1) is 0 Å². The number of carbonyl (C=O) groups is 1. The number of anilines is 4. The first-order chi connectivity index (χ1) is 21.3. The lowest BCUT2D eigenvalue weighted by Gasteiger charge is -2.17. The van der Waals surface area contributed by atoms with Crippen molar-refractivity contribution in [3.05, 3.63) is 83.0 Å². The molecular weight excluding hydrogens is 663 g/mol. The highest BCUT2D eigenvalue weighted by molar-refractivity contribution is 7.99. The SMILES string of the molecule is C=S(=O)(NC(=O)OCC)c1cccc(Nc2ncc(-c3ccc(NS(=O)(=O)c4cccc(Cl)c4Cl)cc3)c(N[C@H](C)CO)n2)c1. The molecule has 0 saturated heterocycles. The van der Waals surface area contributed by atoms with E-state index in [9.17, 15) is 22.5 Å². The first-order valence-electron chi connectivity index (χ1n) is 13.3. The Hall–Kier alpha value is -4.08. The van der Waals surface area contributed by atoms with Crippen LogP contribution in [0.4, 0.5) is 27.9 Å². The average molecular weight is 694 g/mol. The number of halogens is 2. The number of amides is 1. The molecule has 0 aliphatic carbocycles. The third kappa shape index (κ3) is 8.55. The highest BCUT2D eigenvalue weighted by atomic mass is 35.5. The quantitative estimate of drug-likeness (QED) is 0.119. The van der Waals surface area contributed by atoms with Crippen molar-refractivity contribution in [1.82, 2.24) is 14.7 Å². The molecule has 5 N–H and O–H groups in total. The van der Waals surface area contributed by atoms with Gasteiger partial charge in [0.15, 0.2) is 0 Å². The summed E-state index contributed by atoms with van der Waals surface area (Å²) >= 11 is 12.1. The first kappa shape index (κ1) is 33.8. The molecule has 1 heterocycles. The van der Waals surface area contributed by atoms with E-state index in [4.69, 9.17) is 27.9 Å². The third-order valence-corrected chi connectivity index (χ3v) is 9.96. The summed E-state index contributed by atoms with van der Waals surface area (Å²) in [6.45, 7) is 3.34. The van der Waals surface area contributed by atoms with Crippen LogP contribution in [-0.2, 0) is 24.5 Å². The molecule has 1 unspecified atom stereocenters. The van der Waals surface area contributed by atoms with Crippen molar-refractivity contribution in [2.75, 3.05) is 28.6 Å². The molecule has 0 spiro atoms. The molecule has 4 aromatic rings. The van der Waals surface area contributed by atoms with Gasteiger partial charge in [0.05, 0.1) is 37.9 Å². The van der Waals surface area contributed by atoms with Crippen LogP contribution in [-0.4, -0.2) is 58.9 Å². The fourth-order valence-corrected chi connectivity index (χ4v) is 6.81. The van der Waals surface area contributed by atoms with Crippen LogP contribution >= 0.6 is 23.2 Å². The lowest BCUT2D eigenvalue weighted by molar-refractivity contribution is 0.159. The van der Waals surface area contributed by atoms with Gasteiger partial charge >= 0.3 is 6.09 Å². The van der Waals surface area contributed by atoms with Crippen LogP contribution in [0, 0.1) is 0 Å². The zero-order valence-electron chi connectivity index (χ0n) is 24.1. The molecule has 0 aliphatic heterocycles. The highest BCUT2D eigenvalue weighted by Crippen LogP contribution is 2.32. The fourth-order valence-electron chi connectivity index (χ4n) is 3.92. The number of hydrogen-bond donors (Lipinski definition) is 5. The molecule has 3 aromatic carbocycles. The van der Waals surface area contributed by atoms with E-state index in [2.05, 4.69) is 35.9 Å². The van der Waals surface area contributed by atoms with Crippen LogP contribution < -0.4 is 20.1 Å². The minimum Gasteiger partial charge on any atom is -0.449 e. The normalized spacial score (nSPS) is 13.3. The Kier molecular flexibility index (Phi) is 10.8. The fraction of sp³-hybridized carbons (Fsp3) is 0.172. The van der Waals surface area contributed by atoms with Crippen LogP contribution in [0.3, 0.4) is 0 Å². The second kappa shape index (κ2) is 14.3. The lowest BCUT2D eigenvalue weighted by Crippen LogP contribution is -2.31. The summed E-state index contributed by atoms with van der Waals surface area (Å²) < 4.78 is 48.4. The van der Waals surface area contributed by atoms with Crippen molar-refractivity contribution in [3.63, 3.8) is 0 Å². The van der Waals surface area contributed by atoms with Crippen LogP contribution in [0.2, 0.25) is 10.0 Å². The van der Waals surface area contributed by atoms with E-state index in [0.29, 0.717) is 22.6 Å². The predicted octanol–water partition coefficient (Wildman–Crippen LogP) is 5.52. The van der Waals surface area contributed by atoms with Gasteiger partial charge in [-0.1, -0.05) is 47.5 Å². The molecule has 0 radical (unpaired) electrons. The number of sulfonamides is 1. The summed E-state index contributed by atoms with van der Waals surface area (Å²) in [6, 6.07) is 16.9. The summed E-state index contributed by atoms with van der Waals surface area (Å²) in [6.07, 6.45) is 0.711. The van der Waals surface area contributed by atoms with Gasteiger partial charge in [-0.2, -0.15) is 4.98 Å². The number of nitrogens with zero attached hydrogens (tertiary/aromatic N) is 2. The van der Waals surface area contributed by atoms with Crippen molar-refractivity contribution in [2.24, 2.45) is 0 Å². The van der Waals surface area contributed by atoms with Crippen molar-refractivity contribution >= 4 is 78.0 Å². The predicted molar refractivity (Wildman–Crippen MR) is 178 cm³/mol. The van der Waals surface area contributed by atoms with Gasteiger partial charge in [0.2, 0.25) is 5.95 Å². The maximum absolute atomic E-state index is 13.0. The largest absolute Gasteiger partial charge is 0.449 e. The maximum Gasteiger partial charge on any atom is 0.418 e. The van der Waals surface area contributed by atoms with Gasteiger partial charge in [0.1, 0.15) is 10.7 Å². The second-order valence-corrected chi connectivity index (χ2v) is 14.0. The maximum atomic E-state index is 13.0. The molecule has 12 nitrogen and oxygen atoms in total. The van der Waals surface area contributed by atoms with E-state index in [1.807, 2.05) is 0 Å². The minimum atomic E-state index is -4.02. The Bertz CT molecular complexity index is 1910. The van der Waals surface area contributed by atoms with Crippen molar-refractivity contribution in [1.29, 1.82) is 0 Å². The molecule has 0 aliphatic rings. The zero-order valence-corrected chi connectivity index (χ0v) is 27.2. The van der Waals surface area contributed by atoms with Gasteiger partial charge in [-0.25, -0.2) is 27.1 Å². The van der Waals surface area contributed by atoms with Crippen LogP contribution in [0.25, 0.3) is 11.1 Å². The Morgan fingerprint density at radius 2 is 1.76 bits per heavy atom. The van der Waals surface area contributed by atoms with Crippen LogP contribution in [0.5, 0.6) is 0 Å². The number of nitrogens with one attached hydrogen (secondary N) is 4. The minimum absolute atomic E-state index is 0.0807. The molecule has 4 rings (SSSR count). The van der Waals surface area contributed by atoms with Gasteiger partial charge < -0.3 is 20.5 Å². The molecule has 0 bridgehead atoms. The number of ether oxygens (including phenoxy) is 1. The summed E-state index contributed by atoms with van der Waals surface area (Å²) in [5.74, 6) is 4.20. The summed E-state index contributed by atoms with van der Waals surface area (Å²) in [4.78, 5) is 20.9. The van der Waals surface area contributed by atoms with E-state index in [-0.39, 0.29) is 50.7 Å². The Labute approximate surface area is 271 Å². The number of aromatic nitrogens is 2. The monoisotopic (exact) mass is 692 g/mol. The first-order valence-corrected chi connectivity index (χ1v) is 17.3. The Morgan fingerprint density at radius 1 is 1.04 bits per heavy atom. The molecule has 0 saturated carbocycles. The average Bonchev–Trinajstić information content (AvgIpc) is 2.99. The number of carbonyl (C=O) groups excluding carboxylic acids is 1. The highest BCUT2D eigenvalue weighted by Gasteiger charge is 2.20. The van der Waals surface area contributed by atoms with Gasteiger partial charge in [-0.3, -0.25) is 4.72 Å². The topological polar surface area (TPSA) is 172 Å². The molecule has 0 fully saturated rings. The van der Waals surface area contributed by atoms with Crippen molar-refractivity contribution < 1.29 is 27.3 Å². The van der Waals surface area contributed by atoms with Gasteiger partial charge in [0.25, 0.3) is 10.0 Å². The van der Waals surface area contributed by atoms with Gasteiger partial charge in [-0.05, 0) is 67.7 Å². The Morgan fingerprint density at radius 3 is 2.44 bits per heavy atom. The Balaban J connectivity index is 1.59. The summed E-state index contributed by atoms with van der Waals surface area (Å²) in [5.41, 5.74) is 1.98. The molecule has 1 amide bonds. The zero-order chi connectivity index (χ0) is 32.8. The number of aliphatic hydroxyl groups excluding tert-OH is 1. The standard InChI is InChI=1S/C29H30Cl2N6O6S2/c1-4-43-29(39)37-44(3,40)22-8-5-7-21(15-22)34-28-32-16-23(27(35-28)33-18(2)17-38)19-11-13-20(14-12-19)36-45(41,42)25-10-6-9-24(30)26(25)31/h5-16,18,36,38H,3-4,17H2,1-2H3,(H,37,39,40)(H2,32,33,34,35)/t18-,44?/m1/s1. The molecule has 16 heteroatoms. The van der Waals surface area contributed by atoms with Crippen LogP contribution in [0.15, 0.2) is 82.7 Å². The van der Waals surface area contributed by atoms with E-state index < -0.39 is 25.8 Å². The second-order valence-electron chi connectivity index (χ2n) is 9.57. The number of benzene rings is 3. The number of hydrogen-bond acceptors (Lipinski definition) is 10. The van der Waals surface area contributed by atoms with E-state index >= 15 is 0 Å². The van der Waals surface area contributed by atoms with E-state index in [1.54, 1.807) is 68.6 Å². The molecule has 45 heavy (non-hydrogen) atoms. The van der Waals surface area contributed by atoms with Crippen molar-refractivity contribution in [3.8, 4) is 11.1 Å².